The van der Waals surface area contributed by atoms with Crippen LogP contribution in [-0.2, 0) is 15.6 Å². The van der Waals surface area contributed by atoms with Crippen molar-refractivity contribution in [2.24, 2.45) is 0 Å². The van der Waals surface area contributed by atoms with Gasteiger partial charge in [0.15, 0.2) is 0 Å². The maximum atomic E-state index is 12.2. The number of allylic oxidation sites excluding steroid dienone is 3. The number of esters is 1. The van der Waals surface area contributed by atoms with Crippen molar-refractivity contribution in [3.05, 3.63) is 81.9 Å². The van der Waals surface area contributed by atoms with E-state index in [0.29, 0.717) is 12.2 Å². The van der Waals surface area contributed by atoms with E-state index in [0.717, 1.165) is 5.56 Å². The van der Waals surface area contributed by atoms with Crippen LogP contribution in [0.4, 0.5) is 0 Å². The summed E-state index contributed by atoms with van der Waals surface area (Å²) in [6.45, 7) is 16.0. The van der Waals surface area contributed by atoms with Gasteiger partial charge in [-0.2, -0.15) is 0 Å². The molecule has 0 spiro atoms. The molecule has 2 heteroatoms. The summed E-state index contributed by atoms with van der Waals surface area (Å²) in [6.07, 6.45) is 8.58. The Kier molecular flexibility index (Phi) is 6.59. The molecular formula is C29H36O2. The van der Waals surface area contributed by atoms with Crippen LogP contribution >= 0.6 is 0 Å². The molecular weight excluding hydrogens is 380 g/mol. The van der Waals surface area contributed by atoms with Crippen molar-refractivity contribution in [2.75, 3.05) is 6.61 Å². The van der Waals surface area contributed by atoms with E-state index in [9.17, 15) is 4.79 Å². The first-order chi connectivity index (χ1) is 14.6. The number of benzene rings is 2. The molecule has 164 valence electrons. The standard InChI is InChI=1S/C29H36O2/c1-8-31-27(30)23-15-10-9-13-22(23)14-11-12-20(2)24-19-26-25(18-21(24)3)28(4,5)16-17-29(26,6)7/h9-15,18-19H,8,16-17H2,1-7H3/b14-11+,20-12+. The molecule has 1 aliphatic carbocycles. The summed E-state index contributed by atoms with van der Waals surface area (Å²) in [6, 6.07) is 12.4. The van der Waals surface area contributed by atoms with Gasteiger partial charge in [0.2, 0.25) is 0 Å². The highest BCUT2D eigenvalue weighted by Gasteiger charge is 2.37. The van der Waals surface area contributed by atoms with Gasteiger partial charge in [-0.1, -0.05) is 76.3 Å². The smallest absolute Gasteiger partial charge is 0.338 e. The van der Waals surface area contributed by atoms with Crippen LogP contribution in [0, 0.1) is 6.92 Å². The van der Waals surface area contributed by atoms with Crippen LogP contribution in [0.15, 0.2) is 48.6 Å². The normalized spacial score (nSPS) is 17.5. The molecule has 0 amide bonds. The van der Waals surface area contributed by atoms with Gasteiger partial charge >= 0.3 is 5.97 Å². The van der Waals surface area contributed by atoms with Crippen molar-refractivity contribution >= 4 is 17.6 Å². The van der Waals surface area contributed by atoms with Gasteiger partial charge in [-0.25, -0.2) is 4.79 Å². The Morgan fingerprint density at radius 1 is 1.00 bits per heavy atom. The van der Waals surface area contributed by atoms with Crippen molar-refractivity contribution in [3.8, 4) is 0 Å². The molecule has 3 rings (SSSR count). The van der Waals surface area contributed by atoms with E-state index in [-0.39, 0.29) is 16.8 Å². The molecule has 0 unspecified atom stereocenters. The molecule has 0 heterocycles. The van der Waals surface area contributed by atoms with Crippen LogP contribution in [0.1, 0.15) is 92.6 Å². The minimum absolute atomic E-state index is 0.196. The molecule has 0 fully saturated rings. The van der Waals surface area contributed by atoms with E-state index >= 15 is 0 Å². The third-order valence-corrected chi connectivity index (χ3v) is 6.70. The molecule has 31 heavy (non-hydrogen) atoms. The molecule has 0 radical (unpaired) electrons. The molecule has 0 aromatic heterocycles. The molecule has 0 atom stereocenters. The lowest BCUT2D eigenvalue weighted by Gasteiger charge is -2.42. The fourth-order valence-corrected chi connectivity index (χ4v) is 4.57. The van der Waals surface area contributed by atoms with E-state index < -0.39 is 0 Å². The molecule has 2 aromatic rings. The second-order valence-corrected chi connectivity index (χ2v) is 10.00. The van der Waals surface area contributed by atoms with E-state index in [1.807, 2.05) is 43.3 Å². The number of fused-ring (bicyclic) bond motifs is 1. The lowest BCUT2D eigenvalue weighted by Crippen LogP contribution is -2.34. The number of carbonyl (C=O) groups excluding carboxylic acids is 1. The zero-order valence-electron chi connectivity index (χ0n) is 20.1. The van der Waals surface area contributed by atoms with Crippen molar-refractivity contribution in [1.29, 1.82) is 0 Å². The minimum Gasteiger partial charge on any atom is -0.462 e. The second kappa shape index (κ2) is 8.86. The largest absolute Gasteiger partial charge is 0.462 e. The van der Waals surface area contributed by atoms with Gasteiger partial charge in [0.1, 0.15) is 0 Å². The van der Waals surface area contributed by atoms with E-state index in [4.69, 9.17) is 4.74 Å². The lowest BCUT2D eigenvalue weighted by molar-refractivity contribution is 0.0526. The number of carbonyl (C=O) groups is 1. The fourth-order valence-electron chi connectivity index (χ4n) is 4.57. The van der Waals surface area contributed by atoms with E-state index in [1.165, 1.54) is 40.7 Å². The average Bonchev–Trinajstić information content (AvgIpc) is 2.71. The zero-order valence-corrected chi connectivity index (χ0v) is 20.1. The summed E-state index contributed by atoms with van der Waals surface area (Å²) in [5, 5.41) is 0. The summed E-state index contributed by atoms with van der Waals surface area (Å²) in [5.41, 5.74) is 8.71. The minimum atomic E-state index is -0.279. The average molecular weight is 417 g/mol. The fraction of sp³-hybridized carbons (Fsp3) is 0.414. The topological polar surface area (TPSA) is 26.3 Å². The first kappa shape index (κ1) is 23.1. The Morgan fingerprint density at radius 3 is 2.26 bits per heavy atom. The Labute approximate surface area is 188 Å². The van der Waals surface area contributed by atoms with Crippen LogP contribution in [0.2, 0.25) is 0 Å². The molecule has 2 nitrogen and oxygen atoms in total. The van der Waals surface area contributed by atoms with Crippen LogP contribution in [0.3, 0.4) is 0 Å². The Hall–Kier alpha value is -2.61. The van der Waals surface area contributed by atoms with E-state index in [1.54, 1.807) is 0 Å². The van der Waals surface area contributed by atoms with Gasteiger partial charge in [0.05, 0.1) is 12.2 Å². The van der Waals surface area contributed by atoms with Crippen LogP contribution in [0.25, 0.3) is 11.6 Å². The SMILES string of the molecule is CCOC(=O)c1ccccc1/C=C/C=C(\C)c1cc2c(cc1C)C(C)(C)CCC2(C)C. The van der Waals surface area contributed by atoms with Gasteiger partial charge in [0.25, 0.3) is 0 Å². The van der Waals surface area contributed by atoms with Gasteiger partial charge in [-0.05, 0) is 83.9 Å². The first-order valence-electron chi connectivity index (χ1n) is 11.3. The lowest BCUT2D eigenvalue weighted by atomic mass is 9.62. The summed E-state index contributed by atoms with van der Waals surface area (Å²) in [7, 11) is 0. The Bertz CT molecular complexity index is 1030. The molecule has 0 aliphatic heterocycles. The number of ether oxygens (including phenoxy) is 1. The quantitative estimate of drug-likeness (QED) is 0.370. The first-order valence-corrected chi connectivity index (χ1v) is 11.3. The third kappa shape index (κ3) is 4.84. The maximum Gasteiger partial charge on any atom is 0.338 e. The maximum absolute atomic E-state index is 12.2. The second-order valence-electron chi connectivity index (χ2n) is 10.00. The number of aryl methyl sites for hydroxylation is 1. The summed E-state index contributed by atoms with van der Waals surface area (Å²) >= 11 is 0. The molecule has 0 saturated heterocycles. The number of hydrogen-bond acceptors (Lipinski definition) is 2. The highest BCUT2D eigenvalue weighted by atomic mass is 16.5. The molecule has 0 N–H and O–H groups in total. The third-order valence-electron chi connectivity index (χ3n) is 6.70. The van der Waals surface area contributed by atoms with Crippen LogP contribution < -0.4 is 0 Å². The number of hydrogen-bond donors (Lipinski definition) is 0. The highest BCUT2D eigenvalue weighted by Crippen LogP contribution is 2.47. The molecule has 2 aromatic carbocycles. The summed E-state index contributed by atoms with van der Waals surface area (Å²) < 4.78 is 5.18. The van der Waals surface area contributed by atoms with Gasteiger partial charge in [-0.15, -0.1) is 0 Å². The van der Waals surface area contributed by atoms with Crippen molar-refractivity contribution in [2.45, 2.75) is 72.1 Å². The summed E-state index contributed by atoms with van der Waals surface area (Å²) in [4.78, 5) is 12.2. The van der Waals surface area contributed by atoms with Crippen molar-refractivity contribution in [1.82, 2.24) is 0 Å². The van der Waals surface area contributed by atoms with Gasteiger partial charge < -0.3 is 4.74 Å². The molecule has 0 saturated carbocycles. The van der Waals surface area contributed by atoms with Crippen molar-refractivity contribution < 1.29 is 9.53 Å². The number of rotatable bonds is 5. The van der Waals surface area contributed by atoms with Gasteiger partial charge in [-0.3, -0.25) is 0 Å². The molecule has 1 aliphatic rings. The zero-order chi connectivity index (χ0) is 22.8. The van der Waals surface area contributed by atoms with Crippen molar-refractivity contribution in [3.63, 3.8) is 0 Å². The predicted molar refractivity (Wildman–Crippen MR) is 132 cm³/mol. The van der Waals surface area contributed by atoms with E-state index in [2.05, 4.69) is 59.8 Å². The van der Waals surface area contributed by atoms with Crippen LogP contribution in [0.5, 0.6) is 0 Å². The highest BCUT2D eigenvalue weighted by molar-refractivity contribution is 5.93. The molecule has 0 bridgehead atoms. The monoisotopic (exact) mass is 416 g/mol. The summed E-state index contributed by atoms with van der Waals surface area (Å²) in [5.74, 6) is -0.279. The predicted octanol–water partition coefficient (Wildman–Crippen LogP) is 7.64. The Morgan fingerprint density at radius 2 is 1.61 bits per heavy atom. The Balaban J connectivity index is 1.94. The van der Waals surface area contributed by atoms with Gasteiger partial charge in [0, 0.05) is 0 Å². The van der Waals surface area contributed by atoms with Crippen LogP contribution in [-0.4, -0.2) is 12.6 Å².